The maximum Gasteiger partial charge on any atom is 0.143 e. The highest BCUT2D eigenvalue weighted by atomic mass is 79.9. The van der Waals surface area contributed by atoms with E-state index >= 15 is 0 Å². The predicted octanol–water partition coefficient (Wildman–Crippen LogP) is 5.76. The second-order valence-corrected chi connectivity index (χ2v) is 6.29. The summed E-state index contributed by atoms with van der Waals surface area (Å²) in [4.78, 5) is 0. The number of rotatable bonds is 4. The van der Waals surface area contributed by atoms with Crippen molar-refractivity contribution < 1.29 is 8.78 Å². The van der Waals surface area contributed by atoms with Crippen molar-refractivity contribution in [1.82, 2.24) is 0 Å². The third kappa shape index (κ3) is 3.47. The van der Waals surface area contributed by atoms with Gasteiger partial charge in [0, 0.05) is 10.9 Å². The molecule has 1 atom stereocenters. The Morgan fingerprint density at radius 2 is 1.70 bits per heavy atom. The van der Waals surface area contributed by atoms with E-state index in [0.717, 1.165) is 5.56 Å². The molecule has 2 aromatic carbocycles. The van der Waals surface area contributed by atoms with Gasteiger partial charge < -0.3 is 0 Å². The van der Waals surface area contributed by atoms with E-state index in [1.165, 1.54) is 17.7 Å². The quantitative estimate of drug-likeness (QED) is 0.449. The van der Waals surface area contributed by atoms with Crippen molar-refractivity contribution in [3.8, 4) is 0 Å². The highest BCUT2D eigenvalue weighted by Gasteiger charge is 2.18. The van der Waals surface area contributed by atoms with Gasteiger partial charge in [-0.2, -0.15) is 0 Å². The Kier molecular flexibility index (Phi) is 5.33. The molecule has 0 bridgehead atoms. The number of alkyl halides is 1. The van der Waals surface area contributed by atoms with Gasteiger partial charge in [-0.25, -0.2) is 8.78 Å². The average molecular weight is 404 g/mol. The number of benzene rings is 2. The van der Waals surface area contributed by atoms with Gasteiger partial charge in [0.05, 0.1) is 4.47 Å². The lowest BCUT2D eigenvalue weighted by atomic mass is 9.92. The molecule has 106 valence electrons. The molecule has 0 aliphatic carbocycles. The van der Waals surface area contributed by atoms with Crippen molar-refractivity contribution in [3.63, 3.8) is 0 Å². The third-order valence-electron chi connectivity index (χ3n) is 3.32. The second kappa shape index (κ2) is 6.81. The molecule has 1 unspecified atom stereocenters. The van der Waals surface area contributed by atoms with Crippen molar-refractivity contribution in [3.05, 3.63) is 69.2 Å². The van der Waals surface area contributed by atoms with Crippen LogP contribution in [0, 0.1) is 18.6 Å². The van der Waals surface area contributed by atoms with Crippen LogP contribution in [0.1, 0.15) is 22.6 Å². The molecule has 0 aromatic heterocycles. The Balaban J connectivity index is 2.31. The van der Waals surface area contributed by atoms with Crippen LogP contribution in [0.4, 0.5) is 8.78 Å². The van der Waals surface area contributed by atoms with Gasteiger partial charge in [-0.1, -0.05) is 45.8 Å². The number of hydrogen-bond acceptors (Lipinski definition) is 0. The van der Waals surface area contributed by atoms with Crippen molar-refractivity contribution in [2.45, 2.75) is 19.3 Å². The SMILES string of the molecule is Cc1ccc(C(CBr)Cc2c(F)ccc(Br)c2F)cc1. The minimum atomic E-state index is -0.511. The molecular formula is C16H14Br2F2. The summed E-state index contributed by atoms with van der Waals surface area (Å²) < 4.78 is 28.2. The normalized spacial score (nSPS) is 12.4. The molecule has 2 aromatic rings. The fraction of sp³-hybridized carbons (Fsp3) is 0.250. The topological polar surface area (TPSA) is 0 Å². The summed E-state index contributed by atoms with van der Waals surface area (Å²) in [7, 11) is 0. The van der Waals surface area contributed by atoms with Crippen LogP contribution in [0.3, 0.4) is 0 Å². The molecule has 0 fully saturated rings. The van der Waals surface area contributed by atoms with Gasteiger partial charge in [0.15, 0.2) is 0 Å². The lowest BCUT2D eigenvalue weighted by molar-refractivity contribution is 0.541. The van der Waals surface area contributed by atoms with Crippen molar-refractivity contribution in [2.24, 2.45) is 0 Å². The first-order valence-electron chi connectivity index (χ1n) is 6.27. The molecule has 0 saturated carbocycles. The lowest BCUT2D eigenvalue weighted by Gasteiger charge is -2.16. The monoisotopic (exact) mass is 402 g/mol. The Labute approximate surface area is 134 Å². The van der Waals surface area contributed by atoms with Crippen molar-refractivity contribution >= 4 is 31.9 Å². The lowest BCUT2D eigenvalue weighted by Crippen LogP contribution is -2.08. The van der Waals surface area contributed by atoms with Gasteiger partial charge >= 0.3 is 0 Å². The highest BCUT2D eigenvalue weighted by molar-refractivity contribution is 9.10. The van der Waals surface area contributed by atoms with E-state index in [2.05, 4.69) is 31.9 Å². The number of halogens is 4. The summed E-state index contributed by atoms with van der Waals surface area (Å²) >= 11 is 6.54. The first-order valence-corrected chi connectivity index (χ1v) is 8.19. The Morgan fingerprint density at radius 1 is 1.05 bits per heavy atom. The van der Waals surface area contributed by atoms with Crippen LogP contribution in [0.15, 0.2) is 40.9 Å². The van der Waals surface area contributed by atoms with Crippen molar-refractivity contribution in [2.75, 3.05) is 5.33 Å². The largest absolute Gasteiger partial charge is 0.207 e. The summed E-state index contributed by atoms with van der Waals surface area (Å²) in [6.07, 6.45) is 0.325. The van der Waals surface area contributed by atoms with Gasteiger partial charge in [0.1, 0.15) is 11.6 Å². The molecule has 0 amide bonds. The van der Waals surface area contributed by atoms with E-state index in [0.29, 0.717) is 16.2 Å². The third-order valence-corrected chi connectivity index (χ3v) is 4.72. The van der Waals surface area contributed by atoms with E-state index in [-0.39, 0.29) is 11.5 Å². The van der Waals surface area contributed by atoms with Gasteiger partial charge in [0.25, 0.3) is 0 Å². The van der Waals surface area contributed by atoms with E-state index < -0.39 is 11.6 Å². The Morgan fingerprint density at radius 3 is 2.30 bits per heavy atom. The molecule has 0 nitrogen and oxygen atoms in total. The number of aryl methyl sites for hydroxylation is 1. The highest BCUT2D eigenvalue weighted by Crippen LogP contribution is 2.29. The molecule has 0 saturated heterocycles. The predicted molar refractivity (Wildman–Crippen MR) is 85.5 cm³/mol. The van der Waals surface area contributed by atoms with E-state index in [1.54, 1.807) is 0 Å². The molecule has 0 N–H and O–H groups in total. The average Bonchev–Trinajstić information content (AvgIpc) is 2.45. The minimum absolute atomic E-state index is 0.0360. The summed E-state index contributed by atoms with van der Waals surface area (Å²) in [5.74, 6) is -0.972. The molecule has 20 heavy (non-hydrogen) atoms. The van der Waals surface area contributed by atoms with Crippen LogP contribution in [0.25, 0.3) is 0 Å². The van der Waals surface area contributed by atoms with Crippen LogP contribution < -0.4 is 0 Å². The molecule has 2 rings (SSSR count). The fourth-order valence-electron chi connectivity index (χ4n) is 2.10. The van der Waals surface area contributed by atoms with Gasteiger partial charge in [-0.05, 0) is 52.9 Å². The molecule has 0 aliphatic heterocycles. The zero-order valence-corrected chi connectivity index (χ0v) is 14.1. The molecule has 0 aliphatic rings. The first kappa shape index (κ1) is 15.6. The Hall–Kier alpha value is -0.740. The van der Waals surface area contributed by atoms with Gasteiger partial charge in [0.2, 0.25) is 0 Å². The summed E-state index contributed by atoms with van der Waals surface area (Å²) in [5.41, 5.74) is 2.37. The molecular weight excluding hydrogens is 390 g/mol. The Bertz CT molecular complexity index is 594. The van der Waals surface area contributed by atoms with Crippen LogP contribution in [-0.4, -0.2) is 5.33 Å². The van der Waals surface area contributed by atoms with Crippen LogP contribution in [0.2, 0.25) is 0 Å². The van der Waals surface area contributed by atoms with Crippen LogP contribution >= 0.6 is 31.9 Å². The summed E-state index contributed by atoms with van der Waals surface area (Å²) in [6, 6.07) is 10.7. The smallest absolute Gasteiger partial charge is 0.143 e. The van der Waals surface area contributed by atoms with E-state index in [1.807, 2.05) is 31.2 Å². The summed E-state index contributed by atoms with van der Waals surface area (Å²) in [6.45, 7) is 2.01. The summed E-state index contributed by atoms with van der Waals surface area (Å²) in [5, 5.41) is 0.654. The van der Waals surface area contributed by atoms with Crippen LogP contribution in [-0.2, 0) is 6.42 Å². The second-order valence-electron chi connectivity index (χ2n) is 4.79. The zero-order valence-electron chi connectivity index (χ0n) is 11.0. The first-order chi connectivity index (χ1) is 9.52. The maximum absolute atomic E-state index is 14.0. The standard InChI is InChI=1S/C16H14Br2F2/c1-10-2-4-11(5-3-10)12(9-17)8-13-15(19)7-6-14(18)16(13)20/h2-7,12H,8-9H2,1H3. The van der Waals surface area contributed by atoms with E-state index in [9.17, 15) is 8.78 Å². The molecule has 0 radical (unpaired) electrons. The van der Waals surface area contributed by atoms with Gasteiger partial charge in [-0.3, -0.25) is 0 Å². The molecule has 4 heteroatoms. The zero-order chi connectivity index (χ0) is 14.7. The molecule has 0 heterocycles. The fourth-order valence-corrected chi connectivity index (χ4v) is 3.08. The maximum atomic E-state index is 14.0. The number of hydrogen-bond donors (Lipinski definition) is 0. The minimum Gasteiger partial charge on any atom is -0.207 e. The van der Waals surface area contributed by atoms with Crippen LogP contribution in [0.5, 0.6) is 0 Å². The van der Waals surface area contributed by atoms with Crippen molar-refractivity contribution in [1.29, 1.82) is 0 Å². The van der Waals surface area contributed by atoms with Gasteiger partial charge in [-0.15, -0.1) is 0 Å². The molecule has 0 spiro atoms. The van der Waals surface area contributed by atoms with E-state index in [4.69, 9.17) is 0 Å².